The van der Waals surface area contributed by atoms with Gasteiger partial charge in [-0.15, -0.1) is 0 Å². The Labute approximate surface area is 139 Å². The molecule has 0 atom stereocenters. The van der Waals surface area contributed by atoms with E-state index < -0.39 is 0 Å². The highest BCUT2D eigenvalue weighted by atomic mass is 35.5. The molecular formula is C18H15ClN2O2. The SMILES string of the molecule is Cc1cc(Cl)ccc1OCC(=O)Nc1cccc2cnccc12. The van der Waals surface area contributed by atoms with E-state index in [0.717, 1.165) is 22.0 Å². The van der Waals surface area contributed by atoms with E-state index in [1.165, 1.54) is 0 Å². The number of carbonyl (C=O) groups is 1. The van der Waals surface area contributed by atoms with Gasteiger partial charge in [-0.05, 0) is 42.8 Å². The van der Waals surface area contributed by atoms with Crippen LogP contribution in [0.5, 0.6) is 5.75 Å². The van der Waals surface area contributed by atoms with Crippen molar-refractivity contribution in [2.45, 2.75) is 6.92 Å². The summed E-state index contributed by atoms with van der Waals surface area (Å²) in [6, 6.07) is 12.8. The molecular weight excluding hydrogens is 312 g/mol. The van der Waals surface area contributed by atoms with Gasteiger partial charge in [0.2, 0.25) is 0 Å². The molecule has 0 unspecified atom stereocenters. The van der Waals surface area contributed by atoms with Crippen molar-refractivity contribution in [2.75, 3.05) is 11.9 Å². The van der Waals surface area contributed by atoms with Crippen molar-refractivity contribution in [3.05, 3.63) is 65.4 Å². The third-order valence-electron chi connectivity index (χ3n) is 3.45. The van der Waals surface area contributed by atoms with Crippen LogP contribution in [0.3, 0.4) is 0 Å². The molecule has 0 saturated carbocycles. The molecule has 1 amide bonds. The van der Waals surface area contributed by atoms with E-state index in [1.54, 1.807) is 30.6 Å². The molecule has 4 nitrogen and oxygen atoms in total. The number of aryl methyl sites for hydroxylation is 1. The summed E-state index contributed by atoms with van der Waals surface area (Å²) in [5.41, 5.74) is 1.63. The zero-order chi connectivity index (χ0) is 16.2. The Kier molecular flexibility index (Phi) is 4.44. The predicted molar refractivity (Wildman–Crippen MR) is 92.1 cm³/mol. The van der Waals surface area contributed by atoms with E-state index in [9.17, 15) is 4.79 Å². The first-order valence-electron chi connectivity index (χ1n) is 7.15. The normalized spacial score (nSPS) is 10.5. The standard InChI is InChI=1S/C18H15ClN2O2/c1-12-9-14(19)5-6-17(12)23-11-18(22)21-16-4-2-3-13-10-20-8-7-15(13)16/h2-10H,11H2,1H3,(H,21,22). The van der Waals surface area contributed by atoms with Crippen LogP contribution in [0.2, 0.25) is 5.02 Å². The lowest BCUT2D eigenvalue weighted by molar-refractivity contribution is -0.118. The van der Waals surface area contributed by atoms with E-state index in [2.05, 4.69) is 10.3 Å². The topological polar surface area (TPSA) is 51.2 Å². The van der Waals surface area contributed by atoms with Crippen molar-refractivity contribution >= 4 is 34.0 Å². The number of anilines is 1. The molecule has 5 heteroatoms. The molecule has 3 rings (SSSR count). The van der Waals surface area contributed by atoms with Gasteiger partial charge in [-0.1, -0.05) is 23.7 Å². The number of nitrogens with zero attached hydrogens (tertiary/aromatic N) is 1. The van der Waals surface area contributed by atoms with Crippen LogP contribution in [0.1, 0.15) is 5.56 Å². The average Bonchev–Trinajstić information content (AvgIpc) is 2.54. The van der Waals surface area contributed by atoms with Crippen molar-refractivity contribution in [3.8, 4) is 5.75 Å². The Morgan fingerprint density at radius 1 is 1.26 bits per heavy atom. The predicted octanol–water partition coefficient (Wildman–Crippen LogP) is 4.21. The number of ether oxygens (including phenoxy) is 1. The number of pyridine rings is 1. The number of nitrogens with one attached hydrogen (secondary N) is 1. The van der Waals surface area contributed by atoms with E-state index in [1.807, 2.05) is 31.2 Å². The molecule has 0 aliphatic carbocycles. The van der Waals surface area contributed by atoms with Gasteiger partial charge in [0.15, 0.2) is 6.61 Å². The van der Waals surface area contributed by atoms with Gasteiger partial charge in [-0.2, -0.15) is 0 Å². The minimum atomic E-state index is -0.219. The second-order valence-corrected chi connectivity index (χ2v) is 5.59. The maximum atomic E-state index is 12.1. The molecule has 3 aromatic rings. The lowest BCUT2D eigenvalue weighted by Gasteiger charge is -2.11. The monoisotopic (exact) mass is 326 g/mol. The molecule has 0 aliphatic heterocycles. The quantitative estimate of drug-likeness (QED) is 0.781. The summed E-state index contributed by atoms with van der Waals surface area (Å²) in [5, 5.41) is 5.43. The minimum Gasteiger partial charge on any atom is -0.483 e. The van der Waals surface area contributed by atoms with Crippen LogP contribution in [0.4, 0.5) is 5.69 Å². The molecule has 1 N–H and O–H groups in total. The Bertz CT molecular complexity index is 859. The van der Waals surface area contributed by atoms with E-state index in [-0.39, 0.29) is 12.5 Å². The second-order valence-electron chi connectivity index (χ2n) is 5.15. The number of hydrogen-bond acceptors (Lipinski definition) is 3. The average molecular weight is 327 g/mol. The lowest BCUT2D eigenvalue weighted by Crippen LogP contribution is -2.20. The summed E-state index contributed by atoms with van der Waals surface area (Å²) in [7, 11) is 0. The van der Waals surface area contributed by atoms with Crippen molar-refractivity contribution in [1.82, 2.24) is 4.98 Å². The van der Waals surface area contributed by atoms with Gasteiger partial charge in [0, 0.05) is 33.9 Å². The Balaban J connectivity index is 1.69. The second kappa shape index (κ2) is 6.67. The number of hydrogen-bond donors (Lipinski definition) is 1. The van der Waals surface area contributed by atoms with Crippen molar-refractivity contribution < 1.29 is 9.53 Å². The fourth-order valence-corrected chi connectivity index (χ4v) is 2.56. The zero-order valence-electron chi connectivity index (χ0n) is 12.5. The molecule has 2 aromatic carbocycles. The van der Waals surface area contributed by atoms with E-state index >= 15 is 0 Å². The van der Waals surface area contributed by atoms with Gasteiger partial charge in [0.25, 0.3) is 5.91 Å². The molecule has 1 aromatic heterocycles. The third-order valence-corrected chi connectivity index (χ3v) is 3.69. The Hall–Kier alpha value is -2.59. The van der Waals surface area contributed by atoms with Crippen LogP contribution in [-0.2, 0) is 4.79 Å². The zero-order valence-corrected chi connectivity index (χ0v) is 13.3. The molecule has 0 fully saturated rings. The maximum Gasteiger partial charge on any atom is 0.262 e. The molecule has 0 saturated heterocycles. The fraction of sp³-hybridized carbons (Fsp3) is 0.111. The van der Waals surface area contributed by atoms with Crippen LogP contribution < -0.4 is 10.1 Å². The summed E-state index contributed by atoms with van der Waals surface area (Å²) >= 11 is 5.90. The number of fused-ring (bicyclic) bond motifs is 1. The Morgan fingerprint density at radius 3 is 2.96 bits per heavy atom. The molecule has 0 radical (unpaired) electrons. The molecule has 23 heavy (non-hydrogen) atoms. The molecule has 116 valence electrons. The van der Waals surface area contributed by atoms with Gasteiger partial charge in [-0.25, -0.2) is 0 Å². The summed E-state index contributed by atoms with van der Waals surface area (Å²) in [6.45, 7) is 1.82. The molecule has 1 heterocycles. The van der Waals surface area contributed by atoms with Crippen LogP contribution >= 0.6 is 11.6 Å². The first-order valence-corrected chi connectivity index (χ1v) is 7.53. The van der Waals surface area contributed by atoms with Crippen molar-refractivity contribution in [2.24, 2.45) is 0 Å². The van der Waals surface area contributed by atoms with Crippen molar-refractivity contribution in [1.29, 1.82) is 0 Å². The minimum absolute atomic E-state index is 0.0655. The summed E-state index contributed by atoms with van der Waals surface area (Å²) in [6.07, 6.45) is 3.46. The highest BCUT2D eigenvalue weighted by Crippen LogP contribution is 2.23. The number of benzene rings is 2. The number of amides is 1. The molecule has 0 bridgehead atoms. The smallest absolute Gasteiger partial charge is 0.262 e. The molecule has 0 aliphatic rings. The van der Waals surface area contributed by atoms with E-state index in [4.69, 9.17) is 16.3 Å². The van der Waals surface area contributed by atoms with Gasteiger partial charge in [-0.3, -0.25) is 9.78 Å². The van der Waals surface area contributed by atoms with E-state index in [0.29, 0.717) is 10.8 Å². The maximum absolute atomic E-state index is 12.1. The summed E-state index contributed by atoms with van der Waals surface area (Å²) < 4.78 is 5.55. The number of rotatable bonds is 4. The fourth-order valence-electron chi connectivity index (χ4n) is 2.34. The summed E-state index contributed by atoms with van der Waals surface area (Å²) in [5.74, 6) is 0.426. The van der Waals surface area contributed by atoms with Gasteiger partial charge in [0.1, 0.15) is 5.75 Å². The number of carbonyl (C=O) groups excluding carboxylic acids is 1. The van der Waals surface area contributed by atoms with Crippen LogP contribution in [0, 0.1) is 6.92 Å². The number of halogens is 1. The third kappa shape index (κ3) is 3.60. The van der Waals surface area contributed by atoms with Gasteiger partial charge < -0.3 is 10.1 Å². The number of aromatic nitrogens is 1. The summed E-state index contributed by atoms with van der Waals surface area (Å²) in [4.78, 5) is 16.2. The largest absolute Gasteiger partial charge is 0.483 e. The highest BCUT2D eigenvalue weighted by molar-refractivity contribution is 6.30. The van der Waals surface area contributed by atoms with Crippen LogP contribution in [0.25, 0.3) is 10.8 Å². The Morgan fingerprint density at radius 2 is 2.13 bits per heavy atom. The highest BCUT2D eigenvalue weighted by Gasteiger charge is 2.08. The van der Waals surface area contributed by atoms with Gasteiger partial charge in [0.05, 0.1) is 0 Å². The molecule has 0 spiro atoms. The first-order chi connectivity index (χ1) is 11.1. The van der Waals surface area contributed by atoms with Gasteiger partial charge >= 0.3 is 0 Å². The lowest BCUT2D eigenvalue weighted by atomic mass is 10.1. The van der Waals surface area contributed by atoms with Crippen LogP contribution in [-0.4, -0.2) is 17.5 Å². The first kappa shape index (κ1) is 15.3. The van der Waals surface area contributed by atoms with Crippen LogP contribution in [0.15, 0.2) is 54.9 Å². The van der Waals surface area contributed by atoms with Crippen molar-refractivity contribution in [3.63, 3.8) is 0 Å².